The first kappa shape index (κ1) is 18.9. The Morgan fingerprint density at radius 2 is 2.00 bits per heavy atom. The second-order valence-corrected chi connectivity index (χ2v) is 5.86. The summed E-state index contributed by atoms with van der Waals surface area (Å²) >= 11 is 0. The number of hydrogen-bond acceptors (Lipinski definition) is 7. The number of fused-ring (bicyclic) bond motifs is 1. The van der Waals surface area contributed by atoms with Crippen LogP contribution in [0.25, 0.3) is 6.08 Å². The van der Waals surface area contributed by atoms with Gasteiger partial charge < -0.3 is 19.5 Å². The molecule has 1 amide bonds. The summed E-state index contributed by atoms with van der Waals surface area (Å²) in [6.07, 6.45) is 2.73. The van der Waals surface area contributed by atoms with Crippen molar-refractivity contribution in [3.63, 3.8) is 0 Å². The van der Waals surface area contributed by atoms with Gasteiger partial charge in [-0.25, -0.2) is 4.79 Å². The summed E-state index contributed by atoms with van der Waals surface area (Å²) in [5.74, 6) is -0.0127. The molecule has 0 spiro atoms. The van der Waals surface area contributed by atoms with Crippen LogP contribution < -0.4 is 14.8 Å². The van der Waals surface area contributed by atoms with Gasteiger partial charge in [-0.1, -0.05) is 6.07 Å². The van der Waals surface area contributed by atoms with Gasteiger partial charge in [-0.15, -0.1) is 0 Å². The van der Waals surface area contributed by atoms with Crippen LogP contribution in [-0.2, 0) is 14.3 Å². The van der Waals surface area contributed by atoms with Gasteiger partial charge >= 0.3 is 5.97 Å². The zero-order chi connectivity index (χ0) is 20.1. The molecule has 9 nitrogen and oxygen atoms in total. The maximum atomic E-state index is 11.9. The van der Waals surface area contributed by atoms with E-state index in [2.05, 4.69) is 5.32 Å². The zero-order valence-electron chi connectivity index (χ0n) is 14.8. The Morgan fingerprint density at radius 1 is 1.21 bits per heavy atom. The number of aryl methyl sites for hydroxylation is 1. The number of amides is 1. The van der Waals surface area contributed by atoms with E-state index in [-0.39, 0.29) is 12.5 Å². The number of esters is 1. The van der Waals surface area contributed by atoms with Gasteiger partial charge in [0.1, 0.15) is 0 Å². The van der Waals surface area contributed by atoms with Crippen molar-refractivity contribution in [2.45, 2.75) is 6.92 Å². The third kappa shape index (κ3) is 4.64. The van der Waals surface area contributed by atoms with Crippen molar-refractivity contribution in [2.24, 2.45) is 0 Å². The Bertz CT molecular complexity index is 969. The quantitative estimate of drug-likeness (QED) is 0.352. The number of nitrogens with zero attached hydrogens (tertiary/aromatic N) is 1. The number of carbonyl (C=O) groups is 2. The first-order valence-corrected chi connectivity index (χ1v) is 8.22. The van der Waals surface area contributed by atoms with Crippen LogP contribution in [0.5, 0.6) is 11.5 Å². The number of carbonyl (C=O) groups excluding carboxylic acids is 2. The lowest BCUT2D eigenvalue weighted by molar-refractivity contribution is -0.384. The van der Waals surface area contributed by atoms with E-state index in [1.54, 1.807) is 25.1 Å². The predicted molar refractivity (Wildman–Crippen MR) is 99.0 cm³/mol. The molecule has 2 aromatic carbocycles. The van der Waals surface area contributed by atoms with Gasteiger partial charge in [-0.2, -0.15) is 0 Å². The molecule has 0 saturated carbocycles. The number of hydrogen-bond donors (Lipinski definition) is 1. The summed E-state index contributed by atoms with van der Waals surface area (Å²) in [4.78, 5) is 33.9. The average Bonchev–Trinajstić information content (AvgIpc) is 3.14. The second kappa shape index (κ2) is 8.21. The molecule has 9 heteroatoms. The van der Waals surface area contributed by atoms with Crippen LogP contribution in [0.4, 0.5) is 11.4 Å². The Balaban J connectivity index is 1.50. The van der Waals surface area contributed by atoms with Crippen molar-refractivity contribution in [1.29, 1.82) is 0 Å². The van der Waals surface area contributed by atoms with E-state index in [4.69, 9.17) is 14.2 Å². The third-order valence-corrected chi connectivity index (χ3v) is 3.85. The second-order valence-electron chi connectivity index (χ2n) is 5.86. The average molecular weight is 384 g/mol. The summed E-state index contributed by atoms with van der Waals surface area (Å²) in [7, 11) is 0. The molecule has 0 saturated heterocycles. The minimum Gasteiger partial charge on any atom is -0.454 e. The Labute approximate surface area is 159 Å². The molecule has 1 heterocycles. The minimum absolute atomic E-state index is 0.0735. The number of ether oxygens (including phenoxy) is 3. The monoisotopic (exact) mass is 384 g/mol. The van der Waals surface area contributed by atoms with E-state index in [1.807, 2.05) is 0 Å². The zero-order valence-corrected chi connectivity index (χ0v) is 14.8. The molecule has 28 heavy (non-hydrogen) atoms. The van der Waals surface area contributed by atoms with Crippen LogP contribution >= 0.6 is 0 Å². The molecule has 0 aromatic heterocycles. The largest absolute Gasteiger partial charge is 0.454 e. The van der Waals surface area contributed by atoms with Crippen LogP contribution in [0.15, 0.2) is 42.5 Å². The molecular formula is C19H16N2O7. The van der Waals surface area contributed by atoms with Crippen molar-refractivity contribution < 1.29 is 28.7 Å². The molecule has 1 aliphatic rings. The van der Waals surface area contributed by atoms with Crippen LogP contribution in [-0.4, -0.2) is 30.2 Å². The van der Waals surface area contributed by atoms with E-state index < -0.39 is 23.4 Å². The molecule has 3 rings (SSSR count). The summed E-state index contributed by atoms with van der Waals surface area (Å²) in [5, 5.41) is 13.3. The highest BCUT2D eigenvalue weighted by Gasteiger charge is 2.13. The number of benzene rings is 2. The fourth-order valence-electron chi connectivity index (χ4n) is 2.45. The van der Waals surface area contributed by atoms with Crippen molar-refractivity contribution in [2.75, 3.05) is 18.7 Å². The van der Waals surface area contributed by atoms with E-state index in [9.17, 15) is 19.7 Å². The molecule has 0 aliphatic carbocycles. The molecule has 0 radical (unpaired) electrons. The highest BCUT2D eigenvalue weighted by atomic mass is 16.7. The molecule has 0 unspecified atom stereocenters. The summed E-state index contributed by atoms with van der Waals surface area (Å²) in [6.45, 7) is 1.30. The van der Waals surface area contributed by atoms with Crippen molar-refractivity contribution in [3.05, 3.63) is 63.7 Å². The van der Waals surface area contributed by atoms with Crippen LogP contribution in [0.3, 0.4) is 0 Å². The molecular weight excluding hydrogens is 368 g/mol. The maximum absolute atomic E-state index is 11.9. The van der Waals surface area contributed by atoms with Gasteiger partial charge in [0.2, 0.25) is 6.79 Å². The van der Waals surface area contributed by atoms with Gasteiger partial charge in [0.25, 0.3) is 11.6 Å². The van der Waals surface area contributed by atoms with Gasteiger partial charge in [-0.05, 0) is 42.3 Å². The molecule has 1 N–H and O–H groups in total. The summed E-state index contributed by atoms with van der Waals surface area (Å²) < 4.78 is 15.3. The smallest absolute Gasteiger partial charge is 0.331 e. The molecule has 0 atom stereocenters. The fraction of sp³-hybridized carbons (Fsp3) is 0.158. The predicted octanol–water partition coefficient (Wildman–Crippen LogP) is 2.83. The molecule has 2 aromatic rings. The number of non-ortho nitro benzene ring substituents is 1. The van der Waals surface area contributed by atoms with Crippen molar-refractivity contribution in [3.8, 4) is 11.5 Å². The first-order valence-electron chi connectivity index (χ1n) is 8.22. The first-order chi connectivity index (χ1) is 13.4. The standard InChI is InChI=1S/C19H16N2O7/c1-12-8-14(21(24)25)4-5-15(12)20-18(22)10-26-19(23)7-3-13-2-6-16-17(9-13)28-11-27-16/h2-9H,10-11H2,1H3,(H,20,22). The number of nitro groups is 1. The lowest BCUT2D eigenvalue weighted by Gasteiger charge is -2.08. The highest BCUT2D eigenvalue weighted by Crippen LogP contribution is 2.32. The lowest BCUT2D eigenvalue weighted by Crippen LogP contribution is -2.20. The molecule has 0 fully saturated rings. The Morgan fingerprint density at radius 3 is 2.75 bits per heavy atom. The topological polar surface area (TPSA) is 117 Å². The van der Waals surface area contributed by atoms with Crippen LogP contribution in [0.2, 0.25) is 0 Å². The summed E-state index contributed by atoms with van der Waals surface area (Å²) in [5.41, 5.74) is 1.57. The Hall–Kier alpha value is -3.88. The number of nitro benzene ring substituents is 1. The summed E-state index contributed by atoms with van der Waals surface area (Å²) in [6, 6.07) is 9.25. The van der Waals surface area contributed by atoms with Crippen molar-refractivity contribution >= 4 is 29.3 Å². The van der Waals surface area contributed by atoms with E-state index in [0.717, 1.165) is 0 Å². The van der Waals surface area contributed by atoms with Gasteiger partial charge in [0.15, 0.2) is 18.1 Å². The SMILES string of the molecule is Cc1cc([N+](=O)[O-])ccc1NC(=O)COC(=O)C=Cc1ccc2c(c1)OCO2. The number of anilines is 1. The van der Waals surface area contributed by atoms with Crippen molar-refractivity contribution in [1.82, 2.24) is 0 Å². The number of rotatable bonds is 6. The normalized spacial score (nSPS) is 12.0. The fourth-order valence-corrected chi connectivity index (χ4v) is 2.45. The van der Waals surface area contributed by atoms with Gasteiger partial charge in [-0.3, -0.25) is 14.9 Å². The van der Waals surface area contributed by atoms with Crippen LogP contribution in [0, 0.1) is 17.0 Å². The Kier molecular flexibility index (Phi) is 5.54. The highest BCUT2D eigenvalue weighted by molar-refractivity contribution is 5.95. The molecule has 1 aliphatic heterocycles. The van der Waals surface area contributed by atoms with Crippen LogP contribution in [0.1, 0.15) is 11.1 Å². The van der Waals surface area contributed by atoms with Gasteiger partial charge in [0, 0.05) is 23.9 Å². The van der Waals surface area contributed by atoms with E-state index in [1.165, 1.54) is 30.4 Å². The number of nitrogens with one attached hydrogen (secondary N) is 1. The lowest BCUT2D eigenvalue weighted by atomic mass is 10.2. The maximum Gasteiger partial charge on any atom is 0.331 e. The van der Waals surface area contributed by atoms with Gasteiger partial charge in [0.05, 0.1) is 4.92 Å². The minimum atomic E-state index is -0.687. The molecule has 144 valence electrons. The van der Waals surface area contributed by atoms with E-state index in [0.29, 0.717) is 28.3 Å². The third-order valence-electron chi connectivity index (χ3n) is 3.85. The van der Waals surface area contributed by atoms with E-state index >= 15 is 0 Å². The molecule has 0 bridgehead atoms.